The zero-order valence-electron chi connectivity index (χ0n) is 10.1. The van der Waals surface area contributed by atoms with Crippen LogP contribution >= 0.6 is 27.5 Å². The molecular weight excluding hydrogens is 300 g/mol. The molecule has 0 aliphatic rings. The Balaban J connectivity index is 3.13. The minimum absolute atomic E-state index is 0.320. The number of alkyl halides is 1. The van der Waals surface area contributed by atoms with Crippen LogP contribution in [0.15, 0.2) is 18.2 Å². The molecule has 0 amide bonds. The molecule has 0 aromatic heterocycles. The van der Waals surface area contributed by atoms with Gasteiger partial charge in [0.25, 0.3) is 0 Å². The Morgan fingerprint density at radius 1 is 1.47 bits per heavy atom. The highest BCUT2D eigenvalue weighted by Crippen LogP contribution is 2.32. The highest BCUT2D eigenvalue weighted by Gasteiger charge is 2.16. The van der Waals surface area contributed by atoms with Gasteiger partial charge in [0.1, 0.15) is 0 Å². The van der Waals surface area contributed by atoms with Gasteiger partial charge in [-0.05, 0) is 25.5 Å². The monoisotopic (exact) mass is 314 g/mol. The summed E-state index contributed by atoms with van der Waals surface area (Å²) in [6.07, 6.45) is 0.505. The number of hydrogen-bond acceptors (Lipinski definition) is 2. The van der Waals surface area contributed by atoms with Crippen LogP contribution in [-0.2, 0) is 5.33 Å². The van der Waals surface area contributed by atoms with Crippen LogP contribution in [0.3, 0.4) is 0 Å². The molecule has 0 fully saturated rings. The first-order valence-electron chi connectivity index (χ1n) is 5.58. The third kappa shape index (κ3) is 3.62. The highest BCUT2D eigenvalue weighted by molar-refractivity contribution is 9.08. The molecule has 92 valence electrons. The van der Waals surface area contributed by atoms with Crippen LogP contribution in [0.2, 0.25) is 5.02 Å². The van der Waals surface area contributed by atoms with Gasteiger partial charge in [-0.15, -0.1) is 0 Å². The van der Waals surface area contributed by atoms with Gasteiger partial charge in [0, 0.05) is 17.9 Å². The van der Waals surface area contributed by atoms with Gasteiger partial charge >= 0.3 is 0 Å². The minimum Gasteiger partial charge on any atom is -0.367 e. The summed E-state index contributed by atoms with van der Waals surface area (Å²) in [5.41, 5.74) is 2.19. The van der Waals surface area contributed by atoms with Crippen LogP contribution < -0.4 is 4.90 Å². The molecule has 0 saturated carbocycles. The minimum atomic E-state index is 0.320. The maximum absolute atomic E-state index is 8.72. The van der Waals surface area contributed by atoms with Crippen molar-refractivity contribution in [3.8, 4) is 6.07 Å². The van der Waals surface area contributed by atoms with E-state index in [0.717, 1.165) is 21.6 Å². The lowest BCUT2D eigenvalue weighted by Crippen LogP contribution is -2.32. The van der Waals surface area contributed by atoms with E-state index in [1.165, 1.54) is 0 Å². The summed E-state index contributed by atoms with van der Waals surface area (Å²) < 4.78 is 0. The van der Waals surface area contributed by atoms with Crippen LogP contribution in [0.25, 0.3) is 0 Å². The number of benzene rings is 1. The third-order valence-corrected chi connectivity index (χ3v) is 3.50. The van der Waals surface area contributed by atoms with Gasteiger partial charge < -0.3 is 4.90 Å². The van der Waals surface area contributed by atoms with Crippen molar-refractivity contribution < 1.29 is 0 Å². The molecule has 4 heteroatoms. The van der Waals surface area contributed by atoms with Crippen LogP contribution in [0.1, 0.15) is 25.8 Å². The summed E-state index contributed by atoms with van der Waals surface area (Å²) in [6, 6.07) is 8.40. The third-order valence-electron chi connectivity index (χ3n) is 2.59. The predicted octanol–water partition coefficient (Wildman–Crippen LogP) is 4.36. The lowest BCUT2D eigenvalue weighted by Gasteiger charge is -2.30. The molecule has 2 nitrogen and oxygen atoms in total. The molecule has 0 unspecified atom stereocenters. The van der Waals surface area contributed by atoms with Gasteiger partial charge in [-0.2, -0.15) is 5.26 Å². The normalized spacial score (nSPS) is 10.4. The lowest BCUT2D eigenvalue weighted by atomic mass is 10.1. The van der Waals surface area contributed by atoms with E-state index in [4.69, 9.17) is 16.9 Å². The van der Waals surface area contributed by atoms with E-state index in [1.54, 1.807) is 0 Å². The molecule has 1 rings (SSSR count). The summed E-state index contributed by atoms with van der Waals surface area (Å²) >= 11 is 9.76. The Labute approximate surface area is 116 Å². The largest absolute Gasteiger partial charge is 0.367 e. The van der Waals surface area contributed by atoms with Crippen molar-refractivity contribution in [1.82, 2.24) is 0 Å². The standard InChI is InChI=1S/C13H16BrClN2/c1-10(2)17(8-4-7-16)13-11(9-14)5-3-6-12(13)15/h3,5-6,10H,4,8-9H2,1-2H3. The maximum Gasteiger partial charge on any atom is 0.0642 e. The average molecular weight is 316 g/mol. The van der Waals surface area contributed by atoms with Crippen LogP contribution in [-0.4, -0.2) is 12.6 Å². The molecule has 1 aromatic carbocycles. The summed E-state index contributed by atoms with van der Waals surface area (Å²) in [4.78, 5) is 2.18. The second-order valence-electron chi connectivity index (χ2n) is 4.08. The van der Waals surface area contributed by atoms with Crippen molar-refractivity contribution in [2.75, 3.05) is 11.4 Å². The number of rotatable bonds is 5. The smallest absolute Gasteiger partial charge is 0.0642 e. The first-order chi connectivity index (χ1) is 8.11. The molecule has 0 bridgehead atoms. The van der Waals surface area contributed by atoms with E-state index in [1.807, 2.05) is 12.1 Å². The Kier molecular flexibility index (Phi) is 5.80. The van der Waals surface area contributed by atoms with Gasteiger partial charge in [0.05, 0.1) is 23.2 Å². The van der Waals surface area contributed by atoms with Crippen molar-refractivity contribution in [2.24, 2.45) is 0 Å². The molecule has 0 spiro atoms. The van der Waals surface area contributed by atoms with E-state index < -0.39 is 0 Å². The Morgan fingerprint density at radius 3 is 2.71 bits per heavy atom. The van der Waals surface area contributed by atoms with Gasteiger partial charge in [0.2, 0.25) is 0 Å². The molecule has 0 radical (unpaired) electrons. The zero-order valence-corrected chi connectivity index (χ0v) is 12.4. The topological polar surface area (TPSA) is 27.0 Å². The average Bonchev–Trinajstić information content (AvgIpc) is 2.30. The Hall–Kier alpha value is -0.720. The number of anilines is 1. The SMILES string of the molecule is CC(C)N(CCC#N)c1c(Cl)cccc1CBr. The first-order valence-corrected chi connectivity index (χ1v) is 7.08. The number of halogens is 2. The van der Waals surface area contributed by atoms with Crippen molar-refractivity contribution in [2.45, 2.75) is 31.6 Å². The van der Waals surface area contributed by atoms with Crippen LogP contribution in [0.5, 0.6) is 0 Å². The van der Waals surface area contributed by atoms with Crippen molar-refractivity contribution in [3.05, 3.63) is 28.8 Å². The molecule has 0 atom stereocenters. The predicted molar refractivity (Wildman–Crippen MR) is 76.8 cm³/mol. The highest BCUT2D eigenvalue weighted by atomic mass is 79.9. The van der Waals surface area contributed by atoms with Gasteiger partial charge in [-0.25, -0.2) is 0 Å². The maximum atomic E-state index is 8.72. The second kappa shape index (κ2) is 6.88. The van der Waals surface area contributed by atoms with Gasteiger partial charge in [-0.1, -0.05) is 39.7 Å². The molecule has 0 aliphatic carbocycles. The Bertz CT molecular complexity index is 412. The number of para-hydroxylation sites is 1. The fraction of sp³-hybridized carbons (Fsp3) is 0.462. The lowest BCUT2D eigenvalue weighted by molar-refractivity contribution is 0.684. The van der Waals surface area contributed by atoms with Crippen LogP contribution in [0.4, 0.5) is 5.69 Å². The molecule has 0 heterocycles. The molecule has 17 heavy (non-hydrogen) atoms. The number of nitriles is 1. The van der Waals surface area contributed by atoms with E-state index in [0.29, 0.717) is 19.0 Å². The summed E-state index contributed by atoms with van der Waals surface area (Å²) in [7, 11) is 0. The van der Waals surface area contributed by atoms with Crippen LogP contribution in [0, 0.1) is 11.3 Å². The second-order valence-corrected chi connectivity index (χ2v) is 5.04. The summed E-state index contributed by atoms with van der Waals surface area (Å²) in [6.45, 7) is 4.93. The van der Waals surface area contributed by atoms with Gasteiger partial charge in [0.15, 0.2) is 0 Å². The van der Waals surface area contributed by atoms with Crippen molar-refractivity contribution >= 4 is 33.2 Å². The number of nitrogens with zero attached hydrogens (tertiary/aromatic N) is 2. The first kappa shape index (κ1) is 14.3. The summed E-state index contributed by atoms with van der Waals surface area (Å²) in [5.74, 6) is 0. The molecule has 0 saturated heterocycles. The molecule has 0 aliphatic heterocycles. The van der Waals surface area contributed by atoms with Crippen molar-refractivity contribution in [1.29, 1.82) is 5.26 Å². The van der Waals surface area contributed by atoms with Crippen molar-refractivity contribution in [3.63, 3.8) is 0 Å². The fourth-order valence-electron chi connectivity index (χ4n) is 1.79. The van der Waals surface area contributed by atoms with Gasteiger partial charge in [-0.3, -0.25) is 0 Å². The molecular formula is C13H16BrClN2. The van der Waals surface area contributed by atoms with E-state index in [2.05, 4.69) is 46.8 Å². The fourth-order valence-corrected chi connectivity index (χ4v) is 2.54. The number of hydrogen-bond donors (Lipinski definition) is 0. The Morgan fingerprint density at radius 2 is 2.18 bits per heavy atom. The van der Waals surface area contributed by atoms with E-state index in [9.17, 15) is 0 Å². The molecule has 0 N–H and O–H groups in total. The van der Waals surface area contributed by atoms with E-state index in [-0.39, 0.29) is 0 Å². The molecule has 1 aromatic rings. The zero-order chi connectivity index (χ0) is 12.8. The quantitative estimate of drug-likeness (QED) is 0.755. The summed E-state index contributed by atoms with van der Waals surface area (Å²) in [5, 5.41) is 10.2. The van der Waals surface area contributed by atoms with E-state index >= 15 is 0 Å².